The summed E-state index contributed by atoms with van der Waals surface area (Å²) in [5, 5.41) is 4.16. The van der Waals surface area contributed by atoms with Gasteiger partial charge in [0.1, 0.15) is 0 Å². The Morgan fingerprint density at radius 1 is 0.720 bits per heavy atom. The van der Waals surface area contributed by atoms with Crippen LogP contribution >= 0.6 is 0 Å². The third-order valence-electron chi connectivity index (χ3n) is 4.05. The Bertz CT molecular complexity index is 843. The zero-order chi connectivity index (χ0) is 17.6. The molecule has 3 aromatic rings. The van der Waals surface area contributed by atoms with Gasteiger partial charge in [0.15, 0.2) is 8.80 Å². The molecule has 1 radical (unpaired) electrons. The molecule has 2 heteroatoms. The molecular weight excluding hydrogens is 318 g/mol. The van der Waals surface area contributed by atoms with Gasteiger partial charge in [0, 0.05) is 11.4 Å². The van der Waals surface area contributed by atoms with Crippen LogP contribution in [0.15, 0.2) is 102 Å². The minimum atomic E-state index is -1.04. The number of rotatable bonds is 5. The molecule has 3 rings (SSSR count). The molecule has 0 aliphatic carbocycles. The molecule has 0 N–H and O–H groups in total. The van der Waals surface area contributed by atoms with Gasteiger partial charge in [0.2, 0.25) is 0 Å². The number of benzene rings is 3. The topological polar surface area (TPSA) is 12.4 Å². The normalized spacial score (nSPS) is 11.6. The Morgan fingerprint density at radius 2 is 1.24 bits per heavy atom. The number of hydrogen-bond donors (Lipinski definition) is 0. The van der Waals surface area contributed by atoms with E-state index in [4.69, 9.17) is 0 Å². The van der Waals surface area contributed by atoms with Crippen molar-refractivity contribution in [2.75, 3.05) is 0 Å². The lowest BCUT2D eigenvalue weighted by Crippen LogP contribution is -2.52. The van der Waals surface area contributed by atoms with Crippen molar-refractivity contribution in [2.24, 2.45) is 4.99 Å². The molecule has 0 saturated carbocycles. The van der Waals surface area contributed by atoms with E-state index in [1.54, 1.807) is 0 Å². The molecule has 0 heterocycles. The average Bonchev–Trinajstić information content (AvgIpc) is 2.63. The summed E-state index contributed by atoms with van der Waals surface area (Å²) < 4.78 is 0. The van der Waals surface area contributed by atoms with Crippen molar-refractivity contribution in [2.45, 2.75) is 13.8 Å². The van der Waals surface area contributed by atoms with E-state index in [9.17, 15) is 0 Å². The van der Waals surface area contributed by atoms with E-state index in [2.05, 4.69) is 96.5 Å². The summed E-state index contributed by atoms with van der Waals surface area (Å²) in [5.74, 6) is 0. The van der Waals surface area contributed by atoms with Crippen LogP contribution in [0.25, 0.3) is 0 Å². The van der Waals surface area contributed by atoms with Crippen molar-refractivity contribution in [1.29, 1.82) is 0 Å². The highest BCUT2D eigenvalue weighted by Crippen LogP contribution is 2.04. The van der Waals surface area contributed by atoms with Crippen LogP contribution in [0.1, 0.15) is 19.4 Å². The van der Waals surface area contributed by atoms with Gasteiger partial charge in [-0.25, -0.2) is 0 Å². The smallest absolute Gasteiger partial charge is 0.154 e. The van der Waals surface area contributed by atoms with E-state index in [0.717, 1.165) is 17.0 Å². The van der Waals surface area contributed by atoms with E-state index in [1.807, 2.05) is 13.8 Å². The zero-order valence-corrected chi connectivity index (χ0v) is 15.7. The maximum Gasteiger partial charge on any atom is 0.154 e. The quantitative estimate of drug-likeness (QED) is 0.383. The van der Waals surface area contributed by atoms with Crippen molar-refractivity contribution in [3.05, 3.63) is 103 Å². The first-order valence-electron chi connectivity index (χ1n) is 8.44. The Morgan fingerprint density at radius 3 is 1.76 bits per heavy atom. The monoisotopic (exact) mass is 340 g/mol. The summed E-state index contributed by atoms with van der Waals surface area (Å²) in [6.45, 7) is 7.87. The van der Waals surface area contributed by atoms with Crippen LogP contribution in [0, 0.1) is 0 Å². The second-order valence-electron chi connectivity index (χ2n) is 6.12. The molecular formula is C23H22NSi. The van der Waals surface area contributed by atoms with Crippen LogP contribution in [0.2, 0.25) is 0 Å². The van der Waals surface area contributed by atoms with Gasteiger partial charge in [0.25, 0.3) is 0 Å². The van der Waals surface area contributed by atoms with Gasteiger partial charge in [-0.15, -0.1) is 0 Å². The van der Waals surface area contributed by atoms with Crippen LogP contribution < -0.4 is 15.6 Å². The highest BCUT2D eigenvalue weighted by Gasteiger charge is 2.19. The average molecular weight is 341 g/mol. The molecule has 0 amide bonds. The Hall–Kier alpha value is -2.71. The fourth-order valence-electron chi connectivity index (χ4n) is 2.96. The molecule has 0 atom stereocenters. The summed E-state index contributed by atoms with van der Waals surface area (Å²) in [6, 6.07) is 30.4. The molecule has 3 aromatic carbocycles. The van der Waals surface area contributed by atoms with Crippen molar-refractivity contribution >= 4 is 30.1 Å². The Balaban J connectivity index is 2.10. The SMILES string of the molecule is C=C(C)N=C(C)c1cccc([Si](c2ccccc2)c2ccccc2)c1. The van der Waals surface area contributed by atoms with E-state index in [1.165, 1.54) is 15.6 Å². The lowest BCUT2D eigenvalue weighted by atomic mass is 10.1. The molecule has 0 spiro atoms. The van der Waals surface area contributed by atoms with Gasteiger partial charge in [-0.05, 0) is 24.6 Å². The fourth-order valence-corrected chi connectivity index (χ4v) is 5.57. The van der Waals surface area contributed by atoms with Crippen LogP contribution in [0.3, 0.4) is 0 Å². The molecule has 0 unspecified atom stereocenters. The van der Waals surface area contributed by atoms with Gasteiger partial charge < -0.3 is 0 Å². The lowest BCUT2D eigenvalue weighted by Gasteiger charge is -2.17. The van der Waals surface area contributed by atoms with E-state index in [0.29, 0.717) is 0 Å². The maximum atomic E-state index is 4.53. The molecule has 0 aliphatic heterocycles. The zero-order valence-electron chi connectivity index (χ0n) is 14.7. The van der Waals surface area contributed by atoms with Gasteiger partial charge >= 0.3 is 0 Å². The molecule has 25 heavy (non-hydrogen) atoms. The summed E-state index contributed by atoms with van der Waals surface area (Å²) in [6.07, 6.45) is 0. The summed E-state index contributed by atoms with van der Waals surface area (Å²) in [5.41, 5.74) is 3.01. The molecule has 0 aromatic heterocycles. The van der Waals surface area contributed by atoms with Crippen LogP contribution in [0.4, 0.5) is 0 Å². The van der Waals surface area contributed by atoms with Crippen molar-refractivity contribution in [1.82, 2.24) is 0 Å². The molecule has 0 fully saturated rings. The third-order valence-corrected chi connectivity index (χ3v) is 6.76. The Labute approximate surface area is 152 Å². The maximum absolute atomic E-state index is 4.53. The number of aliphatic imine (C=N–C) groups is 1. The summed E-state index contributed by atoms with van der Waals surface area (Å²) in [4.78, 5) is 4.53. The number of hydrogen-bond acceptors (Lipinski definition) is 1. The van der Waals surface area contributed by atoms with Gasteiger partial charge in [0.05, 0.1) is 0 Å². The minimum absolute atomic E-state index is 0.833. The number of allylic oxidation sites excluding steroid dienone is 1. The van der Waals surface area contributed by atoms with Crippen LogP contribution in [0.5, 0.6) is 0 Å². The highest BCUT2D eigenvalue weighted by molar-refractivity contribution is 6.95. The predicted molar refractivity (Wildman–Crippen MR) is 111 cm³/mol. The molecule has 0 bridgehead atoms. The summed E-state index contributed by atoms with van der Waals surface area (Å²) in [7, 11) is -1.04. The van der Waals surface area contributed by atoms with Gasteiger partial charge in [-0.3, -0.25) is 4.99 Å². The standard InChI is InChI=1S/C23H22NSi/c1-18(2)24-19(3)20-11-10-16-23(17-20)25(21-12-6-4-7-13-21)22-14-8-5-9-15-22/h4-17H,1H2,2-3H3. The summed E-state index contributed by atoms with van der Waals surface area (Å²) >= 11 is 0. The molecule has 123 valence electrons. The van der Waals surface area contributed by atoms with Crippen molar-refractivity contribution in [3.8, 4) is 0 Å². The first-order chi connectivity index (χ1) is 12.1. The third kappa shape index (κ3) is 4.23. The predicted octanol–water partition coefficient (Wildman–Crippen LogP) is 3.55. The van der Waals surface area contributed by atoms with E-state index in [-0.39, 0.29) is 0 Å². The Kier molecular flexibility index (Phi) is 5.41. The first kappa shape index (κ1) is 17.1. The van der Waals surface area contributed by atoms with E-state index < -0.39 is 8.80 Å². The van der Waals surface area contributed by atoms with Crippen LogP contribution in [-0.4, -0.2) is 14.5 Å². The van der Waals surface area contributed by atoms with Gasteiger partial charge in [-0.2, -0.15) is 0 Å². The molecule has 0 aliphatic rings. The lowest BCUT2D eigenvalue weighted by molar-refractivity contribution is 1.31. The van der Waals surface area contributed by atoms with Crippen LogP contribution in [-0.2, 0) is 0 Å². The highest BCUT2D eigenvalue weighted by atomic mass is 28.3. The largest absolute Gasteiger partial charge is 0.258 e. The van der Waals surface area contributed by atoms with Crippen molar-refractivity contribution in [3.63, 3.8) is 0 Å². The molecule has 0 saturated heterocycles. The van der Waals surface area contributed by atoms with Gasteiger partial charge in [-0.1, -0.05) is 102 Å². The second kappa shape index (κ2) is 7.91. The molecule has 1 nitrogen and oxygen atoms in total. The van der Waals surface area contributed by atoms with E-state index >= 15 is 0 Å². The number of nitrogens with zero attached hydrogens (tertiary/aromatic N) is 1. The second-order valence-corrected chi connectivity index (χ2v) is 8.60. The minimum Gasteiger partial charge on any atom is -0.258 e. The fraction of sp³-hybridized carbons (Fsp3) is 0.0870. The first-order valence-corrected chi connectivity index (χ1v) is 9.94. The van der Waals surface area contributed by atoms with Crippen molar-refractivity contribution < 1.29 is 0 Å².